The standard InChI is InChI=1S/C31H21NO6/c1-35-21-13-15-26-24(16-21)25(29(32-26)19-8-4-2-5-9-19)18-28-30(33)23-14-12-22(17-27(23)38-28)37-31(34)36-20-10-6-3-7-11-20/h2-18,32H,1H3. The van der Waals surface area contributed by atoms with Gasteiger partial charge in [-0.15, -0.1) is 0 Å². The third-order valence-corrected chi connectivity index (χ3v) is 6.17. The highest BCUT2D eigenvalue weighted by Gasteiger charge is 2.29. The van der Waals surface area contributed by atoms with Gasteiger partial charge in [0, 0.05) is 22.5 Å². The number of allylic oxidation sites excluding steroid dienone is 1. The summed E-state index contributed by atoms with van der Waals surface area (Å²) in [5.41, 5.74) is 3.88. The summed E-state index contributed by atoms with van der Waals surface area (Å²) in [5.74, 6) is 1.44. The van der Waals surface area contributed by atoms with E-state index in [0.29, 0.717) is 22.8 Å². The first-order valence-corrected chi connectivity index (χ1v) is 11.9. The van der Waals surface area contributed by atoms with E-state index < -0.39 is 6.16 Å². The summed E-state index contributed by atoms with van der Waals surface area (Å²) >= 11 is 0. The van der Waals surface area contributed by atoms with E-state index in [9.17, 15) is 9.59 Å². The number of benzene rings is 4. The zero-order chi connectivity index (χ0) is 26.1. The number of carbonyl (C=O) groups excluding carboxylic acids is 2. The third kappa shape index (κ3) is 4.37. The van der Waals surface area contributed by atoms with Gasteiger partial charge in [-0.3, -0.25) is 4.79 Å². The number of aromatic nitrogens is 1. The Morgan fingerprint density at radius 2 is 1.53 bits per heavy atom. The molecule has 4 aromatic carbocycles. The van der Waals surface area contributed by atoms with Crippen LogP contribution in [0.2, 0.25) is 0 Å². The van der Waals surface area contributed by atoms with Crippen molar-refractivity contribution in [2.24, 2.45) is 0 Å². The van der Waals surface area contributed by atoms with Gasteiger partial charge in [0.1, 0.15) is 23.0 Å². The Morgan fingerprint density at radius 1 is 0.816 bits per heavy atom. The molecular formula is C31H21NO6. The van der Waals surface area contributed by atoms with Crippen molar-refractivity contribution in [2.75, 3.05) is 7.11 Å². The van der Waals surface area contributed by atoms with E-state index in [1.807, 2.05) is 54.6 Å². The predicted octanol–water partition coefficient (Wildman–Crippen LogP) is 7.04. The van der Waals surface area contributed by atoms with Gasteiger partial charge in [-0.2, -0.15) is 0 Å². The van der Waals surface area contributed by atoms with Crippen LogP contribution in [0.3, 0.4) is 0 Å². The maximum Gasteiger partial charge on any atom is 0.519 e. The van der Waals surface area contributed by atoms with E-state index >= 15 is 0 Å². The molecule has 38 heavy (non-hydrogen) atoms. The quantitative estimate of drug-likeness (QED) is 0.157. The average Bonchev–Trinajstić information content (AvgIpc) is 3.46. The van der Waals surface area contributed by atoms with Crippen LogP contribution in [-0.4, -0.2) is 24.0 Å². The Labute approximate surface area is 217 Å². The second-order valence-electron chi connectivity index (χ2n) is 8.56. The molecule has 2 heterocycles. The first-order valence-electron chi connectivity index (χ1n) is 11.9. The molecule has 0 aliphatic carbocycles. The Morgan fingerprint density at radius 3 is 2.29 bits per heavy atom. The van der Waals surface area contributed by atoms with Crippen LogP contribution < -0.4 is 18.9 Å². The molecule has 1 N–H and O–H groups in total. The normalized spacial score (nSPS) is 13.3. The van der Waals surface area contributed by atoms with Crippen LogP contribution in [0.15, 0.2) is 103 Å². The first-order chi connectivity index (χ1) is 18.6. The molecule has 1 aromatic heterocycles. The maximum absolute atomic E-state index is 13.2. The molecule has 0 amide bonds. The highest BCUT2D eigenvalue weighted by molar-refractivity contribution is 6.16. The minimum absolute atomic E-state index is 0.157. The molecule has 186 valence electrons. The van der Waals surface area contributed by atoms with Gasteiger partial charge in [0.25, 0.3) is 0 Å². The van der Waals surface area contributed by atoms with E-state index in [4.69, 9.17) is 18.9 Å². The molecule has 0 saturated heterocycles. The second kappa shape index (κ2) is 9.63. The van der Waals surface area contributed by atoms with Crippen molar-refractivity contribution in [1.29, 1.82) is 0 Å². The fourth-order valence-electron chi connectivity index (χ4n) is 4.36. The molecule has 0 spiro atoms. The molecule has 0 atom stereocenters. The topological polar surface area (TPSA) is 86.8 Å². The van der Waals surface area contributed by atoms with Gasteiger partial charge in [-0.1, -0.05) is 48.5 Å². The number of methoxy groups -OCH3 is 1. The highest BCUT2D eigenvalue weighted by Crippen LogP contribution is 2.38. The van der Waals surface area contributed by atoms with Crippen molar-refractivity contribution in [3.05, 3.63) is 114 Å². The minimum Gasteiger partial charge on any atom is -0.497 e. The van der Waals surface area contributed by atoms with Crippen molar-refractivity contribution in [2.45, 2.75) is 0 Å². The number of ether oxygens (including phenoxy) is 4. The molecule has 5 aromatic rings. The maximum atomic E-state index is 13.2. The van der Waals surface area contributed by atoms with Gasteiger partial charge in [-0.25, -0.2) is 4.79 Å². The molecule has 7 nitrogen and oxygen atoms in total. The molecule has 0 saturated carbocycles. The molecule has 7 heteroatoms. The highest BCUT2D eigenvalue weighted by atomic mass is 16.7. The van der Waals surface area contributed by atoms with Crippen LogP contribution in [0.1, 0.15) is 15.9 Å². The number of hydrogen-bond acceptors (Lipinski definition) is 6. The van der Waals surface area contributed by atoms with E-state index in [1.165, 1.54) is 12.1 Å². The molecule has 0 unspecified atom stereocenters. The van der Waals surface area contributed by atoms with Gasteiger partial charge in [0.2, 0.25) is 5.78 Å². The number of para-hydroxylation sites is 1. The van der Waals surface area contributed by atoms with Gasteiger partial charge >= 0.3 is 6.16 Å². The summed E-state index contributed by atoms with van der Waals surface area (Å²) in [6, 6.07) is 28.8. The predicted molar refractivity (Wildman–Crippen MR) is 143 cm³/mol. The van der Waals surface area contributed by atoms with E-state index in [2.05, 4.69) is 4.98 Å². The summed E-state index contributed by atoms with van der Waals surface area (Å²) in [6.45, 7) is 0. The number of hydrogen-bond donors (Lipinski definition) is 1. The summed E-state index contributed by atoms with van der Waals surface area (Å²) in [7, 11) is 1.61. The van der Waals surface area contributed by atoms with Crippen LogP contribution in [0.5, 0.6) is 23.0 Å². The summed E-state index contributed by atoms with van der Waals surface area (Å²) in [6.07, 6.45) is 0.837. The van der Waals surface area contributed by atoms with Gasteiger partial charge < -0.3 is 23.9 Å². The average molecular weight is 504 g/mol. The third-order valence-electron chi connectivity index (χ3n) is 6.17. The van der Waals surface area contributed by atoms with E-state index in [1.54, 1.807) is 43.5 Å². The van der Waals surface area contributed by atoms with Crippen LogP contribution in [0.4, 0.5) is 4.79 Å². The SMILES string of the molecule is COc1ccc2[nH]c(-c3ccccc3)c(C=C3Oc4cc(OC(=O)Oc5ccccc5)ccc4C3=O)c2c1. The molecule has 0 radical (unpaired) electrons. The number of aromatic amines is 1. The molecule has 6 rings (SSSR count). The van der Waals surface area contributed by atoms with Crippen molar-refractivity contribution in [3.63, 3.8) is 0 Å². The Hall–Kier alpha value is -5.30. The molecule has 0 bridgehead atoms. The minimum atomic E-state index is -0.892. The Balaban J connectivity index is 1.33. The van der Waals surface area contributed by atoms with Crippen molar-refractivity contribution in [1.82, 2.24) is 4.98 Å². The van der Waals surface area contributed by atoms with Crippen LogP contribution in [0.25, 0.3) is 28.2 Å². The van der Waals surface area contributed by atoms with Crippen molar-refractivity contribution >= 4 is 28.9 Å². The molecular weight excluding hydrogens is 482 g/mol. The van der Waals surface area contributed by atoms with Crippen LogP contribution in [-0.2, 0) is 0 Å². The number of H-pyrrole nitrogens is 1. The lowest BCUT2D eigenvalue weighted by Gasteiger charge is -2.06. The fraction of sp³-hybridized carbons (Fsp3) is 0.0323. The number of Topliss-reactive ketones (excluding diaryl/α,β-unsaturated/α-hetero) is 1. The lowest BCUT2D eigenvalue weighted by molar-refractivity contribution is 0.101. The monoisotopic (exact) mass is 503 g/mol. The lowest BCUT2D eigenvalue weighted by Crippen LogP contribution is -2.13. The van der Waals surface area contributed by atoms with Gasteiger partial charge in [0.05, 0.1) is 18.4 Å². The van der Waals surface area contributed by atoms with E-state index in [0.717, 1.165) is 27.7 Å². The van der Waals surface area contributed by atoms with E-state index in [-0.39, 0.29) is 17.3 Å². The molecule has 1 aliphatic rings. The summed E-state index contributed by atoms with van der Waals surface area (Å²) in [4.78, 5) is 28.9. The van der Waals surface area contributed by atoms with Crippen molar-refractivity contribution < 1.29 is 28.5 Å². The first kappa shape index (κ1) is 23.1. The van der Waals surface area contributed by atoms with Crippen LogP contribution >= 0.6 is 0 Å². The number of ketones is 1. The fourth-order valence-corrected chi connectivity index (χ4v) is 4.36. The number of fused-ring (bicyclic) bond motifs is 2. The number of carbonyl (C=O) groups is 2. The second-order valence-corrected chi connectivity index (χ2v) is 8.56. The molecule has 1 aliphatic heterocycles. The summed E-state index contributed by atoms with van der Waals surface area (Å²) < 4.78 is 21.9. The summed E-state index contributed by atoms with van der Waals surface area (Å²) in [5, 5.41) is 0.885. The van der Waals surface area contributed by atoms with Gasteiger partial charge in [0.15, 0.2) is 5.76 Å². The zero-order valence-corrected chi connectivity index (χ0v) is 20.3. The molecule has 0 fully saturated rings. The smallest absolute Gasteiger partial charge is 0.497 e. The van der Waals surface area contributed by atoms with Crippen LogP contribution in [0, 0.1) is 0 Å². The Bertz CT molecular complexity index is 1700. The largest absolute Gasteiger partial charge is 0.519 e. The van der Waals surface area contributed by atoms with Crippen molar-refractivity contribution in [3.8, 4) is 34.3 Å². The Kier molecular flexibility index (Phi) is 5.86. The number of rotatable bonds is 5. The zero-order valence-electron chi connectivity index (χ0n) is 20.3. The lowest BCUT2D eigenvalue weighted by atomic mass is 10.0. The number of nitrogens with one attached hydrogen (secondary N) is 1. The van der Waals surface area contributed by atoms with Gasteiger partial charge in [-0.05, 0) is 54.1 Å².